The van der Waals surface area contributed by atoms with E-state index in [4.69, 9.17) is 5.73 Å². The number of aryl methyl sites for hydroxylation is 1. The van der Waals surface area contributed by atoms with Crippen molar-refractivity contribution in [3.05, 3.63) is 53.9 Å². The van der Waals surface area contributed by atoms with Crippen LogP contribution in [0.25, 0.3) is 0 Å². The van der Waals surface area contributed by atoms with Gasteiger partial charge in [0, 0.05) is 25.2 Å². The molecule has 2 N–H and O–H groups in total. The second-order valence-electron chi connectivity index (χ2n) is 5.86. The highest BCUT2D eigenvalue weighted by atomic mass is 16.2. The molecule has 0 fully saturated rings. The average molecular weight is 328 g/mol. The molecule has 0 spiro atoms. The lowest BCUT2D eigenvalue weighted by Gasteiger charge is -2.24. The zero-order valence-electron chi connectivity index (χ0n) is 15.1. The third-order valence-corrected chi connectivity index (χ3v) is 3.78. The van der Waals surface area contributed by atoms with Gasteiger partial charge in [0.25, 0.3) is 0 Å². The number of anilines is 1. The number of nitrogens with zero attached hydrogens (tertiary/aromatic N) is 3. The van der Waals surface area contributed by atoms with Crippen molar-refractivity contribution >= 4 is 18.3 Å². The molecule has 0 bridgehead atoms. The van der Waals surface area contributed by atoms with Crippen LogP contribution in [0.15, 0.2) is 53.4 Å². The Kier molecular flexibility index (Phi) is 7.39. The Morgan fingerprint density at radius 3 is 2.67 bits per heavy atom. The van der Waals surface area contributed by atoms with E-state index in [-0.39, 0.29) is 5.91 Å². The summed E-state index contributed by atoms with van der Waals surface area (Å²) in [6, 6.07) is 7.44. The van der Waals surface area contributed by atoms with Crippen molar-refractivity contribution in [1.82, 2.24) is 4.90 Å². The van der Waals surface area contributed by atoms with Crippen LogP contribution in [0.5, 0.6) is 0 Å². The number of hydrogen-bond donors (Lipinski definition) is 1. The number of carbonyl (C=O) groups is 1. The lowest BCUT2D eigenvalue weighted by molar-refractivity contribution is -0.129. The molecular formula is C19H28N4O. The van der Waals surface area contributed by atoms with Gasteiger partial charge < -0.3 is 10.6 Å². The van der Waals surface area contributed by atoms with Crippen LogP contribution in [-0.2, 0) is 4.79 Å². The van der Waals surface area contributed by atoms with Gasteiger partial charge in [-0.1, -0.05) is 32.1 Å². The van der Waals surface area contributed by atoms with E-state index in [1.54, 1.807) is 18.1 Å². The van der Waals surface area contributed by atoms with Crippen molar-refractivity contribution in [2.24, 2.45) is 10.8 Å². The quantitative estimate of drug-likeness (QED) is 0.452. The van der Waals surface area contributed by atoms with Gasteiger partial charge in [0.05, 0.1) is 11.7 Å². The molecule has 5 nitrogen and oxygen atoms in total. The van der Waals surface area contributed by atoms with Gasteiger partial charge in [-0.25, -0.2) is 5.01 Å². The molecule has 0 aliphatic carbocycles. The first-order valence-corrected chi connectivity index (χ1v) is 8.05. The summed E-state index contributed by atoms with van der Waals surface area (Å²) in [4.78, 5) is 13.8. The summed E-state index contributed by atoms with van der Waals surface area (Å²) in [6.45, 7) is 13.5. The van der Waals surface area contributed by atoms with Crippen LogP contribution in [0.3, 0.4) is 0 Å². The minimum Gasteiger partial charge on any atom is -0.320 e. The molecule has 0 saturated carbocycles. The molecule has 0 saturated heterocycles. The molecule has 1 atom stereocenters. The minimum atomic E-state index is -0.504. The molecule has 0 aliphatic rings. The predicted octanol–water partition coefficient (Wildman–Crippen LogP) is 3.42. The number of allylic oxidation sites excluding steroid dienone is 2. The average Bonchev–Trinajstić information content (AvgIpc) is 2.54. The van der Waals surface area contributed by atoms with Crippen LogP contribution in [0.2, 0.25) is 0 Å². The summed E-state index contributed by atoms with van der Waals surface area (Å²) in [5.41, 5.74) is 9.30. The van der Waals surface area contributed by atoms with Gasteiger partial charge in [0.1, 0.15) is 0 Å². The van der Waals surface area contributed by atoms with Crippen LogP contribution in [0.4, 0.5) is 5.69 Å². The van der Waals surface area contributed by atoms with Crippen molar-refractivity contribution in [2.45, 2.75) is 39.7 Å². The fourth-order valence-corrected chi connectivity index (χ4v) is 2.38. The van der Waals surface area contributed by atoms with Crippen molar-refractivity contribution in [1.29, 1.82) is 0 Å². The molecule has 5 heteroatoms. The van der Waals surface area contributed by atoms with Crippen molar-refractivity contribution in [3.63, 3.8) is 0 Å². The maximum Gasteiger partial charge on any atom is 0.243 e. The van der Waals surface area contributed by atoms with Gasteiger partial charge in [-0.3, -0.25) is 4.79 Å². The van der Waals surface area contributed by atoms with Crippen molar-refractivity contribution in [2.75, 3.05) is 12.1 Å². The van der Waals surface area contributed by atoms with Gasteiger partial charge in [0.2, 0.25) is 5.91 Å². The number of likely N-dealkylation sites (N-methyl/N-ethyl adjacent to an activating group) is 1. The molecule has 1 unspecified atom stereocenters. The largest absolute Gasteiger partial charge is 0.320 e. The monoisotopic (exact) mass is 328 g/mol. The molecule has 130 valence electrons. The van der Waals surface area contributed by atoms with Gasteiger partial charge >= 0.3 is 0 Å². The van der Waals surface area contributed by atoms with Crippen LogP contribution < -0.4 is 10.7 Å². The number of rotatable bonds is 8. The van der Waals surface area contributed by atoms with E-state index in [0.29, 0.717) is 12.1 Å². The maximum atomic E-state index is 12.3. The Bertz CT molecular complexity index is 636. The topological polar surface area (TPSA) is 61.9 Å². The number of benzene rings is 1. The smallest absolute Gasteiger partial charge is 0.243 e. The number of amides is 1. The molecule has 24 heavy (non-hydrogen) atoms. The number of hydrogen-bond acceptors (Lipinski definition) is 4. The maximum absolute atomic E-state index is 12.3. The van der Waals surface area contributed by atoms with Gasteiger partial charge in [-0.05, 0) is 44.0 Å². The van der Waals surface area contributed by atoms with E-state index >= 15 is 0 Å². The normalized spacial score (nSPS) is 12.5. The summed E-state index contributed by atoms with van der Waals surface area (Å²) in [5, 5.41) is 5.78. The molecule has 1 aromatic rings. The number of nitrogens with two attached hydrogens (primary N) is 1. The van der Waals surface area contributed by atoms with Crippen LogP contribution in [0.1, 0.15) is 32.3 Å². The minimum absolute atomic E-state index is 0.139. The standard InChI is InChI=1S/C19H28N4O/c1-7-9-18(20)19(24)22(6)15(3)13-16(4)23(21-5)17-11-8-10-14(2)12-17/h8,10-13,18H,3,5,7,9,20H2,1-2,4,6H3/b16-13+. The molecule has 0 radical (unpaired) electrons. The fraction of sp³-hybridized carbons (Fsp3) is 0.368. The van der Waals surface area contributed by atoms with Crippen molar-refractivity contribution < 1.29 is 4.79 Å². The highest BCUT2D eigenvalue weighted by Gasteiger charge is 2.18. The molecule has 1 rings (SSSR count). The Hall–Kier alpha value is -2.40. The molecule has 0 aromatic heterocycles. The van der Waals surface area contributed by atoms with Gasteiger partial charge in [-0.2, -0.15) is 5.10 Å². The summed E-state index contributed by atoms with van der Waals surface area (Å²) in [7, 11) is 1.68. The van der Waals surface area contributed by atoms with Crippen LogP contribution in [-0.4, -0.2) is 30.6 Å². The first-order chi connectivity index (χ1) is 11.3. The summed E-state index contributed by atoms with van der Waals surface area (Å²) in [6.07, 6.45) is 3.32. The highest BCUT2D eigenvalue weighted by Crippen LogP contribution is 2.21. The molecular weight excluding hydrogens is 300 g/mol. The third kappa shape index (κ3) is 5.06. The van der Waals surface area contributed by atoms with Crippen LogP contribution in [0, 0.1) is 6.92 Å². The van der Waals surface area contributed by atoms with E-state index in [2.05, 4.69) is 18.4 Å². The van der Waals surface area contributed by atoms with Gasteiger partial charge in [0.15, 0.2) is 0 Å². The van der Waals surface area contributed by atoms with Gasteiger partial charge in [-0.15, -0.1) is 0 Å². The zero-order valence-corrected chi connectivity index (χ0v) is 15.1. The first kappa shape index (κ1) is 19.6. The highest BCUT2D eigenvalue weighted by molar-refractivity contribution is 5.83. The summed E-state index contributed by atoms with van der Waals surface area (Å²) in [5.74, 6) is -0.139. The van der Waals surface area contributed by atoms with E-state index in [0.717, 1.165) is 23.4 Å². The lowest BCUT2D eigenvalue weighted by atomic mass is 10.1. The second kappa shape index (κ2) is 9.03. The second-order valence-corrected chi connectivity index (χ2v) is 5.86. The Labute approximate surface area is 145 Å². The lowest BCUT2D eigenvalue weighted by Crippen LogP contribution is -2.40. The Balaban J connectivity index is 2.94. The third-order valence-electron chi connectivity index (χ3n) is 3.78. The molecule has 1 amide bonds. The van der Waals surface area contributed by atoms with E-state index in [9.17, 15) is 4.79 Å². The van der Waals surface area contributed by atoms with E-state index in [1.165, 1.54) is 4.90 Å². The number of carbonyl (C=O) groups excluding carboxylic acids is 1. The predicted molar refractivity (Wildman–Crippen MR) is 102 cm³/mol. The number of hydrazone groups is 1. The SMILES string of the molecule is C=NN(/C(C)=C/C(=C)N(C)C(=O)C(N)CCC)c1cccc(C)c1. The molecule has 1 aromatic carbocycles. The first-order valence-electron chi connectivity index (χ1n) is 8.05. The van der Waals surface area contributed by atoms with E-state index in [1.807, 2.05) is 45.0 Å². The molecule has 0 heterocycles. The Morgan fingerprint density at radius 1 is 1.46 bits per heavy atom. The zero-order chi connectivity index (χ0) is 18.3. The van der Waals surface area contributed by atoms with Crippen molar-refractivity contribution in [3.8, 4) is 0 Å². The van der Waals surface area contributed by atoms with E-state index < -0.39 is 6.04 Å². The Morgan fingerprint density at radius 2 is 2.12 bits per heavy atom. The summed E-state index contributed by atoms with van der Waals surface area (Å²) >= 11 is 0. The summed E-state index contributed by atoms with van der Waals surface area (Å²) < 4.78 is 0. The molecule has 0 aliphatic heterocycles. The van der Waals surface area contributed by atoms with Crippen LogP contribution >= 0.6 is 0 Å². The fourth-order valence-electron chi connectivity index (χ4n) is 2.38.